The maximum absolute atomic E-state index is 13.7. The topological polar surface area (TPSA) is 119 Å². The third-order valence-electron chi connectivity index (χ3n) is 7.22. The fourth-order valence-electron chi connectivity index (χ4n) is 4.92. The number of methoxy groups -OCH3 is 1. The number of imide groups is 1. The highest BCUT2D eigenvalue weighted by molar-refractivity contribution is 6.04. The number of nitrogens with one attached hydrogen (secondary N) is 2. The van der Waals surface area contributed by atoms with Crippen LogP contribution in [0, 0.1) is 19.7 Å². The molecule has 10 nitrogen and oxygen atoms in total. The number of benzene rings is 1. The van der Waals surface area contributed by atoms with E-state index in [1.165, 1.54) is 12.0 Å². The van der Waals surface area contributed by atoms with Crippen molar-refractivity contribution in [3.05, 3.63) is 74.8 Å². The number of amides is 4. The Morgan fingerprint density at radius 3 is 2.54 bits per heavy atom. The molecule has 0 bridgehead atoms. The van der Waals surface area contributed by atoms with E-state index in [0.29, 0.717) is 42.0 Å². The Labute approximate surface area is 236 Å². The summed E-state index contributed by atoms with van der Waals surface area (Å²) in [5.74, 6) is -0.194. The van der Waals surface area contributed by atoms with Crippen molar-refractivity contribution in [1.82, 2.24) is 25.3 Å². The third-order valence-corrected chi connectivity index (χ3v) is 7.22. The van der Waals surface area contributed by atoms with Gasteiger partial charge in [0.2, 0.25) is 0 Å². The zero-order valence-corrected chi connectivity index (χ0v) is 23.9. The molecule has 4 amide bonds. The molecule has 4 heterocycles. The first kappa shape index (κ1) is 29.5. The van der Waals surface area contributed by atoms with Crippen molar-refractivity contribution in [3.63, 3.8) is 0 Å². The Hall–Kier alpha value is -4.48. The van der Waals surface area contributed by atoms with Gasteiger partial charge in [0, 0.05) is 43.9 Å². The average molecular weight is 570 g/mol. The molecule has 3 aromatic rings. The molecule has 12 heteroatoms. The number of hydrogen-bond donors (Lipinski definition) is 2. The summed E-state index contributed by atoms with van der Waals surface area (Å²) in [7, 11) is 4.89. The van der Waals surface area contributed by atoms with Gasteiger partial charge in [-0.2, -0.15) is 5.10 Å². The number of allylic oxidation sites excluding steroid dienone is 1. The number of fused-ring (bicyclic) bond motifs is 1. The molecular weight excluding hydrogens is 536 g/mol. The molecule has 1 aromatic carbocycles. The van der Waals surface area contributed by atoms with Crippen LogP contribution in [-0.2, 0) is 31.2 Å². The zero-order chi connectivity index (χ0) is 30.0. The lowest BCUT2D eigenvalue weighted by molar-refractivity contribution is -0.120. The lowest BCUT2D eigenvalue weighted by Crippen LogP contribution is -2.22. The van der Waals surface area contributed by atoms with Crippen LogP contribution in [0.25, 0.3) is 6.08 Å². The van der Waals surface area contributed by atoms with E-state index in [-0.39, 0.29) is 17.2 Å². The normalized spacial score (nSPS) is 16.4. The number of hydrogen-bond acceptors (Lipinski definition) is 6. The number of aryl methyl sites for hydroxylation is 3. The number of nitrogens with zero attached hydrogens (tertiary/aromatic N) is 3. The highest BCUT2D eigenvalue weighted by Gasteiger charge is 2.34. The van der Waals surface area contributed by atoms with E-state index in [1.807, 2.05) is 27.8 Å². The van der Waals surface area contributed by atoms with Crippen LogP contribution in [0.4, 0.5) is 13.6 Å². The lowest BCUT2D eigenvalue weighted by Gasteiger charge is -2.05. The second-order valence-corrected chi connectivity index (χ2v) is 9.94. The molecule has 0 spiro atoms. The summed E-state index contributed by atoms with van der Waals surface area (Å²) in [4.78, 5) is 36.2. The van der Waals surface area contributed by atoms with Gasteiger partial charge in [-0.25, -0.2) is 13.6 Å². The number of rotatable bonds is 7. The maximum atomic E-state index is 13.7. The predicted molar refractivity (Wildman–Crippen MR) is 147 cm³/mol. The molecule has 0 aliphatic carbocycles. The van der Waals surface area contributed by atoms with Crippen molar-refractivity contribution < 1.29 is 32.3 Å². The predicted octanol–water partition coefficient (Wildman–Crippen LogP) is 4.09. The van der Waals surface area contributed by atoms with E-state index in [2.05, 4.69) is 15.7 Å². The van der Waals surface area contributed by atoms with E-state index in [4.69, 9.17) is 9.15 Å². The molecule has 218 valence electrons. The van der Waals surface area contributed by atoms with Crippen molar-refractivity contribution >= 4 is 23.9 Å². The lowest BCUT2D eigenvalue weighted by atomic mass is 10.0. The average Bonchev–Trinajstić information content (AvgIpc) is 3.65. The summed E-state index contributed by atoms with van der Waals surface area (Å²) in [6, 6.07) is 3.54. The second-order valence-electron chi connectivity index (χ2n) is 9.94. The van der Waals surface area contributed by atoms with Gasteiger partial charge in [0.1, 0.15) is 18.2 Å². The van der Waals surface area contributed by atoms with Crippen molar-refractivity contribution in [2.75, 3.05) is 20.8 Å². The minimum Gasteiger partial charge on any atom is -0.494 e. The van der Waals surface area contributed by atoms with Crippen LogP contribution in [0.1, 0.15) is 62.9 Å². The van der Waals surface area contributed by atoms with Crippen LogP contribution in [-0.4, -0.2) is 53.4 Å². The molecule has 5 rings (SSSR count). The van der Waals surface area contributed by atoms with Crippen LogP contribution >= 0.6 is 0 Å². The number of halogens is 2. The molecule has 2 aliphatic heterocycles. The van der Waals surface area contributed by atoms with E-state index in [0.717, 1.165) is 22.5 Å². The van der Waals surface area contributed by atoms with E-state index in [1.54, 1.807) is 36.0 Å². The van der Waals surface area contributed by atoms with E-state index >= 15 is 0 Å². The molecule has 0 saturated carbocycles. The van der Waals surface area contributed by atoms with Gasteiger partial charge < -0.3 is 19.4 Å². The number of carbonyl (C=O) groups excluding carboxylic acids is 3. The minimum atomic E-state index is -0.860. The van der Waals surface area contributed by atoms with Gasteiger partial charge in [0.05, 0.1) is 18.4 Å². The van der Waals surface area contributed by atoms with Crippen LogP contribution in [0.3, 0.4) is 0 Å². The Bertz CT molecular complexity index is 1540. The Balaban J connectivity index is 0.000000231. The van der Waals surface area contributed by atoms with Crippen LogP contribution < -0.4 is 15.4 Å². The first-order valence-electron chi connectivity index (χ1n) is 13.1. The number of furan rings is 1. The van der Waals surface area contributed by atoms with Gasteiger partial charge in [-0.15, -0.1) is 0 Å². The smallest absolute Gasteiger partial charge is 0.322 e. The standard InChI is InChI=1S/C19H23FN4O3.C10H10FNO2/c1-5-15-13(8-16(27-15)17-18(25)22-19(26)21-17)6-12(9-20)7-14-10(2)23-24(4)11(14)3;1-12-5-6-3-4-7(14-2)9(11)8(6)10(12)13/h6,8,17H,5,7,9H2,1-4H3,(H2,21,22,25,26);3-4H,5H2,1-2H3/b12-6-;. The Kier molecular flexibility index (Phi) is 8.60. The summed E-state index contributed by atoms with van der Waals surface area (Å²) in [5.41, 5.74) is 5.06. The van der Waals surface area contributed by atoms with Gasteiger partial charge >= 0.3 is 6.03 Å². The first-order valence-corrected chi connectivity index (χ1v) is 13.1. The number of ether oxygens (including phenoxy) is 1. The molecule has 0 radical (unpaired) electrons. The van der Waals surface area contributed by atoms with Crippen molar-refractivity contribution in [2.24, 2.45) is 7.05 Å². The monoisotopic (exact) mass is 569 g/mol. The van der Waals surface area contributed by atoms with Crippen LogP contribution in [0.15, 0.2) is 28.2 Å². The molecule has 1 saturated heterocycles. The van der Waals surface area contributed by atoms with E-state index in [9.17, 15) is 23.2 Å². The fourth-order valence-corrected chi connectivity index (χ4v) is 4.92. The van der Waals surface area contributed by atoms with Gasteiger partial charge in [-0.3, -0.25) is 19.6 Å². The fraction of sp³-hybridized carbons (Fsp3) is 0.379. The molecule has 1 unspecified atom stereocenters. The summed E-state index contributed by atoms with van der Waals surface area (Å²) in [5, 5.41) is 9.06. The molecule has 2 N–H and O–H groups in total. The quantitative estimate of drug-likeness (QED) is 0.414. The van der Waals surface area contributed by atoms with Crippen LogP contribution in [0.2, 0.25) is 0 Å². The number of aromatic nitrogens is 2. The highest BCUT2D eigenvalue weighted by Crippen LogP contribution is 2.30. The molecule has 2 aliphatic rings. The van der Waals surface area contributed by atoms with Crippen molar-refractivity contribution in [3.8, 4) is 5.75 Å². The summed E-state index contributed by atoms with van der Waals surface area (Å²) >= 11 is 0. The molecule has 1 fully saturated rings. The van der Waals surface area contributed by atoms with Crippen LogP contribution in [0.5, 0.6) is 5.75 Å². The van der Waals surface area contributed by atoms with Crippen molar-refractivity contribution in [1.29, 1.82) is 0 Å². The molecule has 41 heavy (non-hydrogen) atoms. The summed E-state index contributed by atoms with van der Waals surface area (Å²) in [6.07, 6.45) is 2.79. The SMILES string of the molecule is CCc1oc(C2NC(=O)NC2=O)cc1/C=C(\CF)Cc1c(C)nn(C)c1C.COc1ccc2c(c1F)C(=O)N(C)C2. The molecule has 1 atom stereocenters. The van der Waals surface area contributed by atoms with E-state index < -0.39 is 30.5 Å². The summed E-state index contributed by atoms with van der Waals surface area (Å²) in [6.45, 7) is 5.65. The zero-order valence-electron chi connectivity index (χ0n) is 23.9. The van der Waals surface area contributed by atoms with Gasteiger partial charge in [0.15, 0.2) is 17.6 Å². The minimum absolute atomic E-state index is 0.118. The largest absolute Gasteiger partial charge is 0.494 e. The second kappa shape index (κ2) is 11.9. The Morgan fingerprint density at radius 1 is 1.24 bits per heavy atom. The number of urea groups is 1. The highest BCUT2D eigenvalue weighted by atomic mass is 19.1. The summed E-state index contributed by atoms with van der Waals surface area (Å²) < 4.78 is 39.7. The van der Waals surface area contributed by atoms with Gasteiger partial charge in [-0.1, -0.05) is 13.0 Å². The Morgan fingerprint density at radius 2 is 1.98 bits per heavy atom. The maximum Gasteiger partial charge on any atom is 0.322 e. The first-order chi connectivity index (χ1) is 19.5. The molecule has 2 aromatic heterocycles. The third kappa shape index (κ3) is 5.86. The molecular formula is C29H33F2N5O5. The number of alkyl halides is 1. The number of carbonyl (C=O) groups is 3. The van der Waals surface area contributed by atoms with Gasteiger partial charge in [0.25, 0.3) is 11.8 Å². The van der Waals surface area contributed by atoms with Gasteiger partial charge in [-0.05, 0) is 49.6 Å². The van der Waals surface area contributed by atoms with Crippen molar-refractivity contribution in [2.45, 2.75) is 46.2 Å².